The van der Waals surface area contributed by atoms with Crippen molar-refractivity contribution in [3.05, 3.63) is 66.2 Å². The maximum absolute atomic E-state index is 6.09. The van der Waals surface area contributed by atoms with Crippen molar-refractivity contribution in [2.75, 3.05) is 20.8 Å². The molecule has 0 saturated carbocycles. The van der Waals surface area contributed by atoms with E-state index in [1.54, 1.807) is 14.2 Å². The molecule has 4 nitrogen and oxygen atoms in total. The van der Waals surface area contributed by atoms with Crippen molar-refractivity contribution in [1.29, 1.82) is 0 Å². The molecule has 0 amide bonds. The van der Waals surface area contributed by atoms with Gasteiger partial charge in [-0.1, -0.05) is 48.5 Å². The Hall–Kier alpha value is -2.40. The zero-order valence-electron chi connectivity index (χ0n) is 16.2. The molecule has 2 fully saturated rings. The van der Waals surface area contributed by atoms with Gasteiger partial charge < -0.3 is 18.9 Å². The van der Waals surface area contributed by atoms with Crippen LogP contribution in [0.4, 0.5) is 0 Å². The first-order valence-electron chi connectivity index (χ1n) is 9.71. The van der Waals surface area contributed by atoms with Crippen LogP contribution in [0.5, 0.6) is 5.75 Å². The molecule has 0 aliphatic carbocycles. The van der Waals surface area contributed by atoms with Crippen molar-refractivity contribution in [3.8, 4) is 16.9 Å². The van der Waals surface area contributed by atoms with Gasteiger partial charge in [-0.2, -0.15) is 0 Å². The van der Waals surface area contributed by atoms with Gasteiger partial charge in [0, 0.05) is 25.5 Å². The first kappa shape index (κ1) is 17.7. The molecule has 0 aromatic heterocycles. The van der Waals surface area contributed by atoms with E-state index in [1.165, 1.54) is 10.8 Å². The molecule has 2 aliphatic heterocycles. The molecule has 3 aromatic rings. The van der Waals surface area contributed by atoms with Crippen LogP contribution in [0.1, 0.15) is 18.4 Å². The Morgan fingerprint density at radius 1 is 0.964 bits per heavy atom. The van der Waals surface area contributed by atoms with Crippen molar-refractivity contribution in [2.24, 2.45) is 0 Å². The lowest BCUT2D eigenvalue weighted by Gasteiger charge is -2.39. The molecule has 3 aromatic carbocycles. The summed E-state index contributed by atoms with van der Waals surface area (Å²) in [4.78, 5) is 0. The number of fused-ring (bicyclic) bond motifs is 3. The fourth-order valence-electron chi connectivity index (χ4n) is 4.64. The first-order chi connectivity index (χ1) is 13.7. The molecule has 0 N–H and O–H groups in total. The fourth-order valence-corrected chi connectivity index (χ4v) is 4.64. The van der Waals surface area contributed by atoms with E-state index >= 15 is 0 Å². The highest BCUT2D eigenvalue weighted by atomic mass is 16.7. The quantitative estimate of drug-likeness (QED) is 0.649. The minimum absolute atomic E-state index is 0.0921. The van der Waals surface area contributed by atoms with Crippen LogP contribution in [-0.4, -0.2) is 33.2 Å². The van der Waals surface area contributed by atoms with Crippen LogP contribution < -0.4 is 4.74 Å². The number of hydrogen-bond acceptors (Lipinski definition) is 4. The first-order valence-corrected chi connectivity index (χ1v) is 9.71. The average Bonchev–Trinajstić information content (AvgIpc) is 3.10. The molecule has 0 radical (unpaired) electrons. The van der Waals surface area contributed by atoms with Crippen LogP contribution in [0, 0.1) is 0 Å². The average molecular weight is 376 g/mol. The summed E-state index contributed by atoms with van der Waals surface area (Å²) in [6.07, 6.45) is 1.41. The largest absolute Gasteiger partial charge is 0.496 e. The lowest BCUT2D eigenvalue weighted by atomic mass is 9.82. The molecular formula is C24H24O4. The molecule has 28 heavy (non-hydrogen) atoms. The second-order valence-electron chi connectivity index (χ2n) is 7.57. The SMILES string of the molecule is COc1ccc2ccccc2c1-c1cccc([C@@]2(OC)C[C@H]3CO[C@@H](C2)O3)c1. The highest BCUT2D eigenvalue weighted by Crippen LogP contribution is 2.45. The van der Waals surface area contributed by atoms with E-state index in [0.29, 0.717) is 13.0 Å². The number of hydrogen-bond donors (Lipinski definition) is 0. The maximum atomic E-state index is 6.09. The minimum atomic E-state index is -0.391. The Kier molecular flexibility index (Phi) is 4.35. The van der Waals surface area contributed by atoms with Crippen molar-refractivity contribution >= 4 is 10.8 Å². The third-order valence-corrected chi connectivity index (χ3v) is 6.04. The van der Waals surface area contributed by atoms with Crippen molar-refractivity contribution in [3.63, 3.8) is 0 Å². The zero-order chi connectivity index (χ0) is 19.1. The van der Waals surface area contributed by atoms with Gasteiger partial charge in [0.25, 0.3) is 0 Å². The summed E-state index contributed by atoms with van der Waals surface area (Å²) in [6.45, 7) is 0.645. The van der Waals surface area contributed by atoms with Crippen LogP contribution in [-0.2, 0) is 19.8 Å². The third-order valence-electron chi connectivity index (χ3n) is 6.04. The standard InChI is InChI=1S/C24H24O4/c1-25-21-11-10-16-6-3-4-9-20(16)23(21)17-7-5-8-18(12-17)24(26-2)13-19-15-27-22(14-24)28-19/h3-12,19,22H,13-15H2,1-2H3/t19-,22+,24+/m0/s1. The van der Waals surface area contributed by atoms with Gasteiger partial charge in [-0.05, 0) is 34.0 Å². The van der Waals surface area contributed by atoms with Crippen LogP contribution >= 0.6 is 0 Å². The second kappa shape index (κ2) is 6.89. The third kappa shape index (κ3) is 2.80. The lowest BCUT2D eigenvalue weighted by molar-refractivity contribution is -0.171. The van der Waals surface area contributed by atoms with Gasteiger partial charge in [0.05, 0.1) is 19.8 Å². The summed E-state index contributed by atoms with van der Waals surface area (Å²) in [5.41, 5.74) is 3.01. The molecule has 4 heteroatoms. The van der Waals surface area contributed by atoms with Crippen LogP contribution in [0.15, 0.2) is 60.7 Å². The molecule has 144 valence electrons. The van der Waals surface area contributed by atoms with E-state index in [0.717, 1.165) is 28.9 Å². The minimum Gasteiger partial charge on any atom is -0.496 e. The monoisotopic (exact) mass is 376 g/mol. The molecule has 5 rings (SSSR count). The Morgan fingerprint density at radius 3 is 2.68 bits per heavy atom. The molecule has 3 atom stereocenters. The number of rotatable bonds is 4. The van der Waals surface area contributed by atoms with Crippen LogP contribution in [0.3, 0.4) is 0 Å². The fraction of sp³-hybridized carbons (Fsp3) is 0.333. The molecule has 2 heterocycles. The van der Waals surface area contributed by atoms with Gasteiger partial charge in [0.15, 0.2) is 6.29 Å². The summed E-state index contributed by atoms with van der Waals surface area (Å²) in [5.74, 6) is 0.873. The molecule has 2 saturated heterocycles. The predicted molar refractivity (Wildman–Crippen MR) is 108 cm³/mol. The van der Waals surface area contributed by atoms with E-state index in [4.69, 9.17) is 18.9 Å². The Labute approximate surface area is 165 Å². The summed E-state index contributed by atoms with van der Waals surface area (Å²) in [5, 5.41) is 2.38. The van der Waals surface area contributed by atoms with E-state index < -0.39 is 5.60 Å². The molecule has 2 aliphatic rings. The Morgan fingerprint density at radius 2 is 1.86 bits per heavy atom. The molecule has 2 bridgehead atoms. The highest BCUT2D eigenvalue weighted by molar-refractivity contribution is 5.99. The van der Waals surface area contributed by atoms with E-state index in [-0.39, 0.29) is 12.4 Å². The normalized spacial score (nSPS) is 26.5. The summed E-state index contributed by atoms with van der Waals surface area (Å²) in [6, 6.07) is 21.2. The van der Waals surface area contributed by atoms with Gasteiger partial charge in [-0.25, -0.2) is 0 Å². The topological polar surface area (TPSA) is 36.9 Å². The smallest absolute Gasteiger partial charge is 0.161 e. The van der Waals surface area contributed by atoms with E-state index in [1.807, 2.05) is 6.07 Å². The molecule has 0 spiro atoms. The van der Waals surface area contributed by atoms with Gasteiger partial charge in [-0.3, -0.25) is 0 Å². The maximum Gasteiger partial charge on any atom is 0.161 e. The number of benzene rings is 3. The van der Waals surface area contributed by atoms with Crippen molar-refractivity contribution < 1.29 is 18.9 Å². The van der Waals surface area contributed by atoms with Crippen molar-refractivity contribution in [2.45, 2.75) is 30.8 Å². The zero-order valence-corrected chi connectivity index (χ0v) is 16.2. The van der Waals surface area contributed by atoms with Gasteiger partial charge in [0.2, 0.25) is 0 Å². The lowest BCUT2D eigenvalue weighted by Crippen LogP contribution is -2.40. The van der Waals surface area contributed by atoms with Crippen molar-refractivity contribution in [1.82, 2.24) is 0 Å². The molecular weight excluding hydrogens is 352 g/mol. The Bertz CT molecular complexity index is 1000. The summed E-state index contributed by atoms with van der Waals surface area (Å²) in [7, 11) is 3.51. The predicted octanol–water partition coefficient (Wildman–Crippen LogP) is 4.89. The second-order valence-corrected chi connectivity index (χ2v) is 7.57. The van der Waals surface area contributed by atoms with E-state index in [2.05, 4.69) is 54.6 Å². The van der Waals surface area contributed by atoms with Crippen LogP contribution in [0.25, 0.3) is 21.9 Å². The van der Waals surface area contributed by atoms with Gasteiger partial charge in [0.1, 0.15) is 11.4 Å². The molecule has 0 unspecified atom stereocenters. The van der Waals surface area contributed by atoms with Crippen LogP contribution in [0.2, 0.25) is 0 Å². The summed E-state index contributed by atoms with van der Waals surface area (Å²) >= 11 is 0. The van der Waals surface area contributed by atoms with Gasteiger partial charge in [-0.15, -0.1) is 0 Å². The summed E-state index contributed by atoms with van der Waals surface area (Å²) < 4.78 is 23.4. The van der Waals surface area contributed by atoms with Gasteiger partial charge >= 0.3 is 0 Å². The highest BCUT2D eigenvalue weighted by Gasteiger charge is 2.47. The van der Waals surface area contributed by atoms with E-state index in [9.17, 15) is 0 Å². The number of ether oxygens (including phenoxy) is 4. The number of methoxy groups -OCH3 is 2. The Balaban J connectivity index is 1.65.